The Balaban J connectivity index is 0.000000152. The fraction of sp³-hybridized carbons (Fsp3) is 0.0952. The molecule has 1 N–H and O–H groups in total. The Morgan fingerprint density at radius 1 is 0.923 bits per heavy atom. The minimum absolute atomic E-state index is 0.0759. The number of hydrogen-bond acceptors (Lipinski definition) is 5. The van der Waals surface area contributed by atoms with Gasteiger partial charge in [0.15, 0.2) is 0 Å². The summed E-state index contributed by atoms with van der Waals surface area (Å²) in [5.74, 6) is -0.336. The van der Waals surface area contributed by atoms with Gasteiger partial charge in [0.05, 0.1) is 30.3 Å². The quantitative estimate of drug-likeness (QED) is 0.560. The number of aromatic nitrogens is 2. The number of aliphatic hydroxyl groups is 1. The third-order valence-corrected chi connectivity index (χ3v) is 3.88. The number of fused-ring (bicyclic) bond motifs is 2. The number of hydrogen-bond donors (Lipinski definition) is 1. The highest BCUT2D eigenvalue weighted by Crippen LogP contribution is 2.14. The van der Waals surface area contributed by atoms with Gasteiger partial charge in [-0.15, -0.1) is 0 Å². The van der Waals surface area contributed by atoms with Crippen molar-refractivity contribution < 1.29 is 14.6 Å². The molecule has 2 aromatic carbocycles. The second-order valence-corrected chi connectivity index (χ2v) is 5.59. The Hall–Kier alpha value is -3.31. The Kier molecular flexibility index (Phi) is 5.51. The van der Waals surface area contributed by atoms with Crippen LogP contribution in [0.3, 0.4) is 0 Å². The largest absolute Gasteiger partial charge is 0.465 e. The highest BCUT2D eigenvalue weighted by molar-refractivity contribution is 5.94. The average Bonchev–Trinajstić information content (AvgIpc) is 2.72. The van der Waals surface area contributed by atoms with Crippen molar-refractivity contribution in [2.75, 3.05) is 7.11 Å². The zero-order valence-electron chi connectivity index (χ0n) is 14.3. The Morgan fingerprint density at radius 2 is 1.54 bits per heavy atom. The predicted octanol–water partition coefficient (Wildman–Crippen LogP) is 3.75. The van der Waals surface area contributed by atoms with E-state index in [0.29, 0.717) is 5.56 Å². The van der Waals surface area contributed by atoms with Crippen molar-refractivity contribution in [2.24, 2.45) is 0 Å². The number of carbonyl (C=O) groups is 1. The molecule has 0 fully saturated rings. The second kappa shape index (κ2) is 8.18. The smallest absolute Gasteiger partial charge is 0.337 e. The van der Waals surface area contributed by atoms with E-state index in [9.17, 15) is 4.79 Å². The van der Waals surface area contributed by atoms with Gasteiger partial charge in [0.2, 0.25) is 0 Å². The molecule has 0 radical (unpaired) electrons. The van der Waals surface area contributed by atoms with Crippen LogP contribution < -0.4 is 0 Å². The summed E-state index contributed by atoms with van der Waals surface area (Å²) in [6.45, 7) is 0.0759. The number of methoxy groups -OCH3 is 1. The minimum atomic E-state index is -0.336. The molecule has 5 heteroatoms. The Labute approximate surface area is 150 Å². The van der Waals surface area contributed by atoms with E-state index in [0.717, 1.165) is 27.4 Å². The first-order valence-corrected chi connectivity index (χ1v) is 8.09. The van der Waals surface area contributed by atoms with Crippen LogP contribution in [0.5, 0.6) is 0 Å². The maximum atomic E-state index is 11.2. The van der Waals surface area contributed by atoms with Gasteiger partial charge in [0.25, 0.3) is 0 Å². The minimum Gasteiger partial charge on any atom is -0.465 e. The molecular formula is C21H18N2O3. The summed E-state index contributed by atoms with van der Waals surface area (Å²) in [7, 11) is 1.37. The molecule has 0 aliphatic carbocycles. The average molecular weight is 346 g/mol. The molecule has 0 aliphatic heterocycles. The third-order valence-electron chi connectivity index (χ3n) is 3.88. The maximum absolute atomic E-state index is 11.2. The summed E-state index contributed by atoms with van der Waals surface area (Å²) in [6.07, 6.45) is 3.45. The van der Waals surface area contributed by atoms with Crippen LogP contribution in [-0.4, -0.2) is 28.2 Å². The summed E-state index contributed by atoms with van der Waals surface area (Å²) >= 11 is 0. The van der Waals surface area contributed by atoms with E-state index < -0.39 is 0 Å². The number of pyridine rings is 2. The first kappa shape index (κ1) is 17.5. The van der Waals surface area contributed by atoms with Crippen LogP contribution in [0, 0.1) is 0 Å². The number of rotatable bonds is 2. The topological polar surface area (TPSA) is 72.3 Å². The van der Waals surface area contributed by atoms with Crippen molar-refractivity contribution in [3.05, 3.63) is 84.2 Å². The van der Waals surface area contributed by atoms with Crippen molar-refractivity contribution in [3.63, 3.8) is 0 Å². The lowest BCUT2D eigenvalue weighted by atomic mass is 10.1. The fourth-order valence-electron chi connectivity index (χ4n) is 2.52. The van der Waals surface area contributed by atoms with Gasteiger partial charge >= 0.3 is 5.97 Å². The summed E-state index contributed by atoms with van der Waals surface area (Å²) < 4.78 is 4.62. The molecule has 2 aromatic heterocycles. The van der Waals surface area contributed by atoms with Crippen molar-refractivity contribution in [3.8, 4) is 0 Å². The molecule has 0 saturated heterocycles. The van der Waals surface area contributed by atoms with Gasteiger partial charge in [-0.25, -0.2) is 4.79 Å². The second-order valence-electron chi connectivity index (χ2n) is 5.59. The van der Waals surface area contributed by atoms with Crippen LogP contribution >= 0.6 is 0 Å². The van der Waals surface area contributed by atoms with E-state index >= 15 is 0 Å². The van der Waals surface area contributed by atoms with E-state index in [-0.39, 0.29) is 12.6 Å². The third kappa shape index (κ3) is 4.02. The molecule has 26 heavy (non-hydrogen) atoms. The molecule has 2 heterocycles. The molecule has 0 aliphatic rings. The van der Waals surface area contributed by atoms with Crippen LogP contribution in [0.2, 0.25) is 0 Å². The molecule has 4 rings (SSSR count). The van der Waals surface area contributed by atoms with E-state index in [1.807, 2.05) is 48.5 Å². The lowest BCUT2D eigenvalue weighted by Gasteiger charge is -2.00. The van der Waals surface area contributed by atoms with Crippen molar-refractivity contribution in [1.29, 1.82) is 0 Å². The lowest BCUT2D eigenvalue weighted by Crippen LogP contribution is -2.00. The van der Waals surface area contributed by atoms with Crippen LogP contribution in [0.1, 0.15) is 15.9 Å². The van der Waals surface area contributed by atoms with Crippen molar-refractivity contribution >= 4 is 27.8 Å². The monoisotopic (exact) mass is 346 g/mol. The van der Waals surface area contributed by atoms with Crippen LogP contribution in [-0.2, 0) is 11.3 Å². The zero-order chi connectivity index (χ0) is 18.4. The van der Waals surface area contributed by atoms with E-state index in [4.69, 9.17) is 5.11 Å². The summed E-state index contributed by atoms with van der Waals surface area (Å²) in [5.41, 5.74) is 3.17. The molecule has 130 valence electrons. The van der Waals surface area contributed by atoms with Gasteiger partial charge in [-0.1, -0.05) is 30.3 Å². The first-order chi connectivity index (χ1) is 12.7. The molecule has 5 nitrogen and oxygen atoms in total. The fourth-order valence-corrected chi connectivity index (χ4v) is 2.52. The Bertz CT molecular complexity index is 1050. The maximum Gasteiger partial charge on any atom is 0.337 e. The first-order valence-electron chi connectivity index (χ1n) is 8.09. The number of aliphatic hydroxyl groups excluding tert-OH is 1. The number of esters is 1. The number of nitrogens with zero attached hydrogens (tertiary/aromatic N) is 2. The molecule has 0 unspecified atom stereocenters. The van der Waals surface area contributed by atoms with Crippen LogP contribution in [0.4, 0.5) is 0 Å². The van der Waals surface area contributed by atoms with Crippen molar-refractivity contribution in [2.45, 2.75) is 6.61 Å². The van der Waals surface area contributed by atoms with Gasteiger partial charge in [-0.2, -0.15) is 0 Å². The molecule has 0 atom stereocenters. The van der Waals surface area contributed by atoms with Crippen LogP contribution in [0.25, 0.3) is 21.8 Å². The number of ether oxygens (including phenoxy) is 1. The molecule has 0 amide bonds. The highest BCUT2D eigenvalue weighted by atomic mass is 16.5. The van der Waals surface area contributed by atoms with Gasteiger partial charge in [0, 0.05) is 23.2 Å². The Morgan fingerprint density at radius 3 is 2.15 bits per heavy atom. The SMILES string of the molecule is COC(=O)c1ccc2cccnc2c1.OCc1ccc2cccnc2c1. The van der Waals surface area contributed by atoms with Gasteiger partial charge in [-0.05, 0) is 35.9 Å². The molecule has 0 saturated carbocycles. The summed E-state index contributed by atoms with van der Waals surface area (Å²) in [4.78, 5) is 19.5. The van der Waals surface area contributed by atoms with Gasteiger partial charge < -0.3 is 9.84 Å². The number of carbonyl (C=O) groups excluding carboxylic acids is 1. The predicted molar refractivity (Wildman–Crippen MR) is 101 cm³/mol. The summed E-state index contributed by atoms with van der Waals surface area (Å²) in [6, 6.07) is 18.8. The standard InChI is InChI=1S/C11H9NO2.C10H9NO/c1-14-11(13)9-5-4-8-3-2-6-12-10(8)7-9;12-7-8-3-4-9-2-1-5-11-10(9)6-8/h2-7H,1H3;1-6,12H,7H2. The van der Waals surface area contributed by atoms with Gasteiger partial charge in [0.1, 0.15) is 0 Å². The van der Waals surface area contributed by atoms with E-state index in [2.05, 4.69) is 14.7 Å². The molecule has 4 aromatic rings. The lowest BCUT2D eigenvalue weighted by molar-refractivity contribution is 0.0601. The molecule has 0 bridgehead atoms. The molecule has 0 spiro atoms. The van der Waals surface area contributed by atoms with Gasteiger partial charge in [-0.3, -0.25) is 9.97 Å². The zero-order valence-corrected chi connectivity index (χ0v) is 14.3. The van der Waals surface area contributed by atoms with Crippen LogP contribution in [0.15, 0.2) is 73.1 Å². The van der Waals surface area contributed by atoms with E-state index in [1.165, 1.54) is 7.11 Å². The summed E-state index contributed by atoms with van der Waals surface area (Å²) in [5, 5.41) is 11.0. The highest BCUT2D eigenvalue weighted by Gasteiger charge is 2.05. The number of benzene rings is 2. The van der Waals surface area contributed by atoms with Crippen molar-refractivity contribution in [1.82, 2.24) is 9.97 Å². The normalized spacial score (nSPS) is 10.2. The molecular weight excluding hydrogens is 328 g/mol. The van der Waals surface area contributed by atoms with E-state index in [1.54, 1.807) is 24.5 Å².